The Hall–Kier alpha value is -1.04. The zero-order chi connectivity index (χ0) is 24.4. The van der Waals surface area contributed by atoms with Gasteiger partial charge in [0.15, 0.2) is 11.5 Å². The molecule has 0 spiro atoms. The van der Waals surface area contributed by atoms with Crippen molar-refractivity contribution >= 4 is 81.0 Å². The van der Waals surface area contributed by atoms with E-state index in [0.717, 1.165) is 0 Å². The maximum atomic E-state index is 14.4. The molecule has 31 heavy (non-hydrogen) atoms. The SMILES string of the molecule is Nc1c(O)c(Cl)c(Cl)c(C(c2c(Cl)c(N)c(O)c(Cl)c2Cl)(C(F)(F)F)C(F)(F)F)c1Cl. The molecule has 0 unspecified atom stereocenters. The maximum absolute atomic E-state index is 14.4. The molecule has 16 heteroatoms. The first-order valence-electron chi connectivity index (χ1n) is 7.29. The van der Waals surface area contributed by atoms with E-state index in [4.69, 9.17) is 81.1 Å². The van der Waals surface area contributed by atoms with Crippen molar-refractivity contribution in [1.29, 1.82) is 0 Å². The summed E-state index contributed by atoms with van der Waals surface area (Å²) >= 11 is 34.0. The number of hydrogen-bond donors (Lipinski definition) is 4. The molecular formula is C15H6Cl6F6N2O2. The molecule has 0 heterocycles. The lowest BCUT2D eigenvalue weighted by molar-refractivity contribution is -0.288. The Morgan fingerprint density at radius 1 is 0.516 bits per heavy atom. The van der Waals surface area contributed by atoms with Gasteiger partial charge in [0.25, 0.3) is 0 Å². The van der Waals surface area contributed by atoms with Crippen molar-refractivity contribution in [3.8, 4) is 11.5 Å². The molecular weight excluding hydrogens is 567 g/mol. The summed E-state index contributed by atoms with van der Waals surface area (Å²) in [4.78, 5) is 0. The van der Waals surface area contributed by atoms with Crippen molar-refractivity contribution < 1.29 is 36.6 Å². The third kappa shape index (κ3) is 3.55. The molecule has 0 radical (unpaired) electrons. The van der Waals surface area contributed by atoms with Gasteiger partial charge in [0.1, 0.15) is 10.0 Å². The summed E-state index contributed by atoms with van der Waals surface area (Å²) in [6, 6.07) is 0. The minimum absolute atomic E-state index is 1.14. The second-order valence-corrected chi connectivity index (χ2v) is 8.17. The van der Waals surface area contributed by atoms with Crippen molar-refractivity contribution in [1.82, 2.24) is 0 Å². The van der Waals surface area contributed by atoms with Gasteiger partial charge in [0.2, 0.25) is 5.41 Å². The van der Waals surface area contributed by atoms with Gasteiger partial charge in [-0.15, -0.1) is 0 Å². The molecule has 6 N–H and O–H groups in total. The molecule has 2 rings (SSSR count). The molecule has 0 aliphatic rings. The van der Waals surface area contributed by atoms with E-state index in [1.807, 2.05) is 0 Å². The molecule has 0 saturated carbocycles. The molecule has 172 valence electrons. The molecule has 0 fully saturated rings. The van der Waals surface area contributed by atoms with E-state index < -0.39 is 81.9 Å². The van der Waals surface area contributed by atoms with Crippen LogP contribution in [0.3, 0.4) is 0 Å². The van der Waals surface area contributed by atoms with Crippen LogP contribution in [-0.2, 0) is 5.41 Å². The summed E-state index contributed by atoms with van der Waals surface area (Å²) in [5.41, 5.74) is -0.670. The van der Waals surface area contributed by atoms with Gasteiger partial charge in [-0.2, -0.15) is 26.3 Å². The fourth-order valence-electron chi connectivity index (χ4n) is 2.84. The summed E-state index contributed by atoms with van der Waals surface area (Å²) in [7, 11) is 0. The minimum atomic E-state index is -6.33. The van der Waals surface area contributed by atoms with Crippen LogP contribution in [0.2, 0.25) is 30.1 Å². The van der Waals surface area contributed by atoms with Crippen molar-refractivity contribution in [2.24, 2.45) is 0 Å². The zero-order valence-corrected chi connectivity index (χ0v) is 18.6. The Morgan fingerprint density at radius 2 is 0.774 bits per heavy atom. The molecule has 0 atom stereocenters. The number of anilines is 2. The van der Waals surface area contributed by atoms with Gasteiger partial charge >= 0.3 is 12.4 Å². The van der Waals surface area contributed by atoms with Crippen LogP contribution >= 0.6 is 69.6 Å². The lowest BCUT2D eigenvalue weighted by atomic mass is 9.72. The molecule has 2 aromatic rings. The summed E-state index contributed by atoms with van der Waals surface area (Å²) < 4.78 is 86.7. The fourth-order valence-corrected chi connectivity index (χ4v) is 4.64. The van der Waals surface area contributed by atoms with E-state index in [0.29, 0.717) is 0 Å². The standard InChI is InChI=1S/C15H6Cl6F6N2O2/c16-3-1(5(18)9(28)11(30)7(3)20)13(14(22,23)24,15(25,26)27)2-4(17)8(21)12(31)10(29)6(2)19/h30-31H,28-29H2. The van der Waals surface area contributed by atoms with Crippen LogP contribution in [-0.4, -0.2) is 22.6 Å². The predicted molar refractivity (Wildman–Crippen MR) is 108 cm³/mol. The molecule has 0 aliphatic heterocycles. The predicted octanol–water partition coefficient (Wildman–Crippen LogP) is 7.59. The van der Waals surface area contributed by atoms with Crippen LogP contribution in [0.25, 0.3) is 0 Å². The Morgan fingerprint density at radius 3 is 1.00 bits per heavy atom. The number of phenols is 2. The van der Waals surface area contributed by atoms with Gasteiger partial charge in [-0.05, 0) is 0 Å². The van der Waals surface area contributed by atoms with Crippen LogP contribution in [0, 0.1) is 0 Å². The summed E-state index contributed by atoms with van der Waals surface area (Å²) in [6.07, 6.45) is -12.7. The third-order valence-electron chi connectivity index (χ3n) is 4.26. The van der Waals surface area contributed by atoms with Crippen LogP contribution < -0.4 is 11.5 Å². The molecule has 4 nitrogen and oxygen atoms in total. The third-order valence-corrected chi connectivity index (χ3v) is 6.73. The minimum Gasteiger partial charge on any atom is -0.504 e. The Labute approximate surface area is 199 Å². The van der Waals surface area contributed by atoms with E-state index in [1.54, 1.807) is 0 Å². The second kappa shape index (κ2) is 8.07. The van der Waals surface area contributed by atoms with Crippen molar-refractivity contribution in [3.63, 3.8) is 0 Å². The first kappa shape index (κ1) is 26.2. The van der Waals surface area contributed by atoms with Gasteiger partial charge in [-0.3, -0.25) is 0 Å². The number of rotatable bonds is 2. The number of nitrogens with two attached hydrogens (primary N) is 2. The van der Waals surface area contributed by atoms with E-state index in [-0.39, 0.29) is 0 Å². The first-order valence-corrected chi connectivity index (χ1v) is 9.56. The highest BCUT2D eigenvalue weighted by atomic mass is 35.5. The quantitative estimate of drug-likeness (QED) is 0.129. The monoisotopic (exact) mass is 570 g/mol. The number of hydrogen-bond acceptors (Lipinski definition) is 4. The number of phenolic OH excluding ortho intramolecular Hbond substituents is 2. The number of benzene rings is 2. The molecule has 0 aromatic heterocycles. The Balaban J connectivity index is 3.41. The molecule has 0 saturated heterocycles. The topological polar surface area (TPSA) is 92.5 Å². The van der Waals surface area contributed by atoms with Crippen molar-refractivity contribution in [2.75, 3.05) is 11.5 Å². The number of alkyl halides is 6. The fraction of sp³-hybridized carbons (Fsp3) is 0.200. The maximum Gasteiger partial charge on any atom is 0.411 e. The van der Waals surface area contributed by atoms with Gasteiger partial charge in [0, 0.05) is 11.1 Å². The molecule has 2 aromatic carbocycles. The molecule has 0 aliphatic carbocycles. The highest BCUT2D eigenvalue weighted by Gasteiger charge is 2.75. The Bertz CT molecular complexity index is 946. The molecule has 0 amide bonds. The van der Waals surface area contributed by atoms with Crippen LogP contribution in [0.1, 0.15) is 11.1 Å². The average Bonchev–Trinajstić information content (AvgIpc) is 2.64. The summed E-state index contributed by atoms with van der Waals surface area (Å²) in [5, 5.41) is 11.4. The zero-order valence-electron chi connectivity index (χ0n) is 14.1. The number of nitrogen functional groups attached to an aromatic ring is 2. The highest BCUT2D eigenvalue weighted by Crippen LogP contribution is 2.65. The van der Waals surface area contributed by atoms with Gasteiger partial charge < -0.3 is 21.7 Å². The number of aromatic hydroxyl groups is 2. The van der Waals surface area contributed by atoms with Crippen LogP contribution in [0.4, 0.5) is 37.7 Å². The van der Waals surface area contributed by atoms with Gasteiger partial charge in [-0.25, -0.2) is 0 Å². The van der Waals surface area contributed by atoms with E-state index in [9.17, 15) is 36.6 Å². The molecule has 0 bridgehead atoms. The van der Waals surface area contributed by atoms with Gasteiger partial charge in [-0.1, -0.05) is 69.6 Å². The highest BCUT2D eigenvalue weighted by molar-refractivity contribution is 6.48. The lowest BCUT2D eigenvalue weighted by Gasteiger charge is -2.40. The average molecular weight is 573 g/mol. The number of halogens is 12. The lowest BCUT2D eigenvalue weighted by Crippen LogP contribution is -2.55. The Kier molecular flexibility index (Phi) is 6.83. The summed E-state index contributed by atoms with van der Waals surface area (Å²) in [6.45, 7) is 0. The van der Waals surface area contributed by atoms with Crippen LogP contribution in [0.5, 0.6) is 11.5 Å². The van der Waals surface area contributed by atoms with E-state index in [1.165, 1.54) is 0 Å². The van der Waals surface area contributed by atoms with Crippen molar-refractivity contribution in [2.45, 2.75) is 17.8 Å². The van der Waals surface area contributed by atoms with E-state index >= 15 is 0 Å². The van der Waals surface area contributed by atoms with Gasteiger partial charge in [0.05, 0.1) is 31.5 Å². The summed E-state index contributed by atoms with van der Waals surface area (Å²) in [5.74, 6) is -2.33. The van der Waals surface area contributed by atoms with Crippen molar-refractivity contribution in [3.05, 3.63) is 41.3 Å². The second-order valence-electron chi connectivity index (χ2n) is 5.90. The normalized spacial score (nSPS) is 13.0. The van der Waals surface area contributed by atoms with E-state index in [2.05, 4.69) is 0 Å². The largest absolute Gasteiger partial charge is 0.504 e. The smallest absolute Gasteiger partial charge is 0.411 e. The van der Waals surface area contributed by atoms with Crippen LogP contribution in [0.15, 0.2) is 0 Å². The first-order chi connectivity index (χ1) is 13.9.